The maximum atomic E-state index is 14.4. The van der Waals surface area contributed by atoms with Gasteiger partial charge in [0.2, 0.25) is 10.0 Å². The van der Waals surface area contributed by atoms with Crippen LogP contribution in [0.1, 0.15) is 107 Å². The van der Waals surface area contributed by atoms with Gasteiger partial charge >= 0.3 is 5.97 Å². The largest absolute Gasteiger partial charge is 0.459 e. The van der Waals surface area contributed by atoms with Crippen molar-refractivity contribution in [1.29, 1.82) is 0 Å². The van der Waals surface area contributed by atoms with Gasteiger partial charge in [0.1, 0.15) is 23.9 Å². The molecular formula is C45H78N2O14S. The first-order chi connectivity index (χ1) is 28.6. The zero-order valence-electron chi connectivity index (χ0n) is 39.3. The highest BCUT2D eigenvalue weighted by Crippen LogP contribution is 2.41. The third-order valence-corrected chi connectivity index (χ3v) is 15.5. The van der Waals surface area contributed by atoms with E-state index in [2.05, 4.69) is 4.72 Å². The second-order valence-corrected chi connectivity index (χ2v) is 21.1. The molecule has 4 rings (SSSR count). The third kappa shape index (κ3) is 11.6. The van der Waals surface area contributed by atoms with Gasteiger partial charge in [-0.25, -0.2) is 13.1 Å². The molecule has 0 amide bonds. The van der Waals surface area contributed by atoms with Crippen LogP contribution in [0.4, 0.5) is 0 Å². The Morgan fingerprint density at radius 1 is 0.887 bits per heavy atom. The van der Waals surface area contributed by atoms with E-state index in [9.17, 15) is 38.7 Å². The second kappa shape index (κ2) is 20.8. The van der Waals surface area contributed by atoms with E-state index in [1.165, 1.54) is 33.1 Å². The maximum Gasteiger partial charge on any atom is 0.311 e. The number of ether oxygens (including phenoxy) is 6. The van der Waals surface area contributed by atoms with E-state index >= 15 is 0 Å². The number of hydrogen-bond donors (Lipinski definition) is 6. The minimum atomic E-state index is -4.24. The summed E-state index contributed by atoms with van der Waals surface area (Å²) < 4.78 is 68.8. The Morgan fingerprint density at radius 2 is 1.50 bits per heavy atom. The van der Waals surface area contributed by atoms with E-state index in [1.807, 2.05) is 32.8 Å². The van der Waals surface area contributed by atoms with Crippen molar-refractivity contribution < 1.29 is 67.2 Å². The van der Waals surface area contributed by atoms with Crippen molar-refractivity contribution in [3.05, 3.63) is 29.8 Å². The van der Waals surface area contributed by atoms with Gasteiger partial charge in [-0.2, -0.15) is 0 Å². The Balaban J connectivity index is 1.90. The molecule has 17 heteroatoms. The van der Waals surface area contributed by atoms with Crippen molar-refractivity contribution in [3.63, 3.8) is 0 Å². The summed E-state index contributed by atoms with van der Waals surface area (Å²) in [5.41, 5.74) is -4.11. The zero-order valence-corrected chi connectivity index (χ0v) is 40.2. The molecular weight excluding hydrogens is 825 g/mol. The van der Waals surface area contributed by atoms with E-state index < -0.39 is 118 Å². The lowest BCUT2D eigenvalue weighted by Crippen LogP contribution is -2.62. The van der Waals surface area contributed by atoms with Crippen LogP contribution < -0.4 is 4.72 Å². The fraction of sp³-hybridized carbons (Fsp3) is 0.844. The molecule has 0 radical (unpaired) electrons. The molecule has 0 saturated carbocycles. The number of benzene rings is 1. The van der Waals surface area contributed by atoms with Gasteiger partial charge in [-0.3, -0.25) is 4.79 Å². The lowest BCUT2D eigenvalue weighted by Gasteiger charge is -2.49. The van der Waals surface area contributed by atoms with E-state index in [-0.39, 0.29) is 36.3 Å². The number of nitrogens with zero attached hydrogens (tertiary/aromatic N) is 1. The highest BCUT2D eigenvalue weighted by Gasteiger charge is 2.54. The number of rotatable bonds is 11. The van der Waals surface area contributed by atoms with Crippen LogP contribution in [-0.2, 0) is 49.7 Å². The van der Waals surface area contributed by atoms with Gasteiger partial charge in [0.05, 0.1) is 52.5 Å². The summed E-state index contributed by atoms with van der Waals surface area (Å²) in [7, 11) is 0.915. The molecule has 16 nitrogen and oxygen atoms in total. The number of carbonyl (C=O) groups is 1. The first kappa shape index (κ1) is 52.8. The number of nitrogens with one attached hydrogen (secondary N) is 1. The first-order valence-electron chi connectivity index (χ1n) is 22.3. The first-order valence-corrected chi connectivity index (χ1v) is 23.8. The molecule has 3 fully saturated rings. The van der Waals surface area contributed by atoms with Gasteiger partial charge in [-0.1, -0.05) is 46.8 Å². The van der Waals surface area contributed by atoms with E-state index in [1.54, 1.807) is 60.6 Å². The molecule has 0 bridgehead atoms. The van der Waals surface area contributed by atoms with E-state index in [4.69, 9.17) is 28.4 Å². The van der Waals surface area contributed by atoms with Gasteiger partial charge < -0.3 is 58.9 Å². The molecule has 1 aromatic carbocycles. The van der Waals surface area contributed by atoms with Crippen LogP contribution in [0.3, 0.4) is 0 Å². The van der Waals surface area contributed by atoms with Crippen molar-refractivity contribution in [3.8, 4) is 0 Å². The van der Waals surface area contributed by atoms with Gasteiger partial charge in [-0.15, -0.1) is 0 Å². The highest BCUT2D eigenvalue weighted by molar-refractivity contribution is 7.89. The number of aliphatic hydroxyl groups is 5. The summed E-state index contributed by atoms with van der Waals surface area (Å²) in [4.78, 5) is 16.3. The molecule has 3 saturated heterocycles. The summed E-state index contributed by atoms with van der Waals surface area (Å²) in [6.07, 6.45) is -9.67. The lowest BCUT2D eigenvalue weighted by molar-refractivity contribution is -0.318. The molecule has 62 heavy (non-hydrogen) atoms. The van der Waals surface area contributed by atoms with Crippen molar-refractivity contribution in [1.82, 2.24) is 9.62 Å². The molecule has 19 atom stereocenters. The van der Waals surface area contributed by atoms with Crippen molar-refractivity contribution in [2.45, 2.75) is 203 Å². The summed E-state index contributed by atoms with van der Waals surface area (Å²) in [5, 5.41) is 59.8. The van der Waals surface area contributed by atoms with Crippen LogP contribution in [-0.4, -0.2) is 156 Å². The van der Waals surface area contributed by atoms with Crippen LogP contribution >= 0.6 is 0 Å². The van der Waals surface area contributed by atoms with Crippen molar-refractivity contribution >= 4 is 16.0 Å². The Morgan fingerprint density at radius 3 is 2.05 bits per heavy atom. The Hall–Kier alpha value is -1.84. The van der Waals surface area contributed by atoms with Crippen LogP contribution in [0.25, 0.3) is 0 Å². The number of aryl methyl sites for hydroxylation is 1. The van der Waals surface area contributed by atoms with Crippen LogP contribution in [0.15, 0.2) is 29.2 Å². The summed E-state index contributed by atoms with van der Waals surface area (Å²) >= 11 is 0. The number of esters is 1. The molecule has 3 aliphatic heterocycles. The minimum Gasteiger partial charge on any atom is -0.459 e. The minimum absolute atomic E-state index is 0.00460. The molecule has 0 aromatic heterocycles. The molecule has 0 spiro atoms. The topological polar surface area (TPSA) is 223 Å². The average Bonchev–Trinajstić information content (AvgIpc) is 3.21. The monoisotopic (exact) mass is 903 g/mol. The normalized spacial score (nSPS) is 44.4. The third-order valence-electron chi connectivity index (χ3n) is 14.0. The van der Waals surface area contributed by atoms with Gasteiger partial charge in [0, 0.05) is 37.5 Å². The lowest BCUT2D eigenvalue weighted by atomic mass is 9.72. The fourth-order valence-electron chi connectivity index (χ4n) is 9.98. The van der Waals surface area contributed by atoms with Gasteiger partial charge in [0.15, 0.2) is 12.6 Å². The van der Waals surface area contributed by atoms with E-state index in [0.717, 1.165) is 5.56 Å². The number of likely N-dealkylation sites (N-methyl/N-ethyl adjacent to an activating group) is 1. The van der Waals surface area contributed by atoms with Crippen molar-refractivity contribution in [2.75, 3.05) is 21.2 Å². The molecule has 3 heterocycles. The Labute approximate surface area is 370 Å². The van der Waals surface area contributed by atoms with Gasteiger partial charge in [0.25, 0.3) is 0 Å². The molecule has 358 valence electrons. The molecule has 6 N–H and O–H groups in total. The van der Waals surface area contributed by atoms with Crippen LogP contribution in [0.5, 0.6) is 0 Å². The fourth-order valence-corrected chi connectivity index (χ4v) is 11.4. The summed E-state index contributed by atoms with van der Waals surface area (Å²) in [6, 6.07) is 4.98. The predicted molar refractivity (Wildman–Crippen MR) is 231 cm³/mol. The Kier molecular flexibility index (Phi) is 17.7. The van der Waals surface area contributed by atoms with Crippen LogP contribution in [0.2, 0.25) is 0 Å². The summed E-state index contributed by atoms with van der Waals surface area (Å²) in [6.45, 7) is 18.5. The Bertz CT molecular complexity index is 1710. The number of carbonyl (C=O) groups excluding carboxylic acids is 1. The zero-order chi connectivity index (χ0) is 46.9. The number of cyclic esters (lactones) is 1. The number of aliphatic hydroxyl groups excluding tert-OH is 3. The SMILES string of the molecule is CCc1ccc(S(=O)(=O)N[C@@H]2[C@H](C)[C@@H](O)[C@](C)(O)C(CC)OC(=O)[C@H](C)C(O[C@H]3C[C@@](C)(OC)[C@@H](O)[C@H](C)O3)[C@H](C)[C@@H](O[C@@H]3O[C@H](C)C[C@H](N(C)C)[C@H]3O)[C@](C)(O)C[C@H]2C)cc1. The number of sulfonamides is 1. The second-order valence-electron chi connectivity index (χ2n) is 19.4. The predicted octanol–water partition coefficient (Wildman–Crippen LogP) is 3.13. The molecule has 3 aliphatic rings. The average molecular weight is 903 g/mol. The maximum absolute atomic E-state index is 14.4. The standard InChI is InChI=1S/C45H78N2O14S/c1-15-30-17-19-31(20-18-30)62(54,55)46-35-24(3)22-43(9,52)40(61-42-36(48)32(47(12)13)21-25(4)57-42)27(6)37(60-34-23-44(10,56-14)39(50)29(8)58-34)28(7)41(51)59-33(16-2)45(11,53)38(49)26(35)5/h17-20,24-29,32-40,42,46,48-50,52-53H,15-16,21-23H2,1-14H3/t24-,25-,26+,27+,28-,29+,32+,33?,34+,35+,36-,37?,38-,39+,40-,42+,43-,44-,45-/m1/s1. The quantitative estimate of drug-likeness (QED) is 0.176. The van der Waals surface area contributed by atoms with Gasteiger partial charge in [-0.05, 0) is 105 Å². The van der Waals surface area contributed by atoms with E-state index in [0.29, 0.717) is 12.8 Å². The summed E-state index contributed by atoms with van der Waals surface area (Å²) in [5.74, 6) is -4.59. The molecule has 1 aromatic rings. The van der Waals surface area contributed by atoms with Crippen molar-refractivity contribution in [2.24, 2.45) is 23.7 Å². The van der Waals surface area contributed by atoms with Crippen LogP contribution in [0, 0.1) is 23.7 Å². The number of hydrogen-bond acceptors (Lipinski definition) is 15. The molecule has 2 unspecified atom stereocenters. The number of methoxy groups -OCH3 is 1. The smallest absolute Gasteiger partial charge is 0.311 e. The molecule has 0 aliphatic carbocycles. The highest BCUT2D eigenvalue weighted by atomic mass is 32.2.